The first-order valence-corrected chi connectivity index (χ1v) is 13.7. The fourth-order valence-corrected chi connectivity index (χ4v) is 4.63. The fraction of sp³-hybridized carbons (Fsp3) is 0.276. The molecule has 214 valence electrons. The highest BCUT2D eigenvalue weighted by Gasteiger charge is 2.21. The SMILES string of the molecule is COc1cc2[nH]c(=O)c(C(=O)Nc3cc(C(=O)NC(CNC(=O)OC(C)(C)C)c4ccsc4)ccc3C)cc2cn1. The van der Waals surface area contributed by atoms with Gasteiger partial charge in [-0.05, 0) is 73.8 Å². The number of aromatic amines is 1. The number of rotatable bonds is 8. The summed E-state index contributed by atoms with van der Waals surface area (Å²) >= 11 is 1.47. The molecule has 4 rings (SSSR count). The Balaban J connectivity index is 1.51. The summed E-state index contributed by atoms with van der Waals surface area (Å²) in [5.74, 6) is -0.716. The molecule has 3 amide bonds. The number of nitrogens with one attached hydrogen (secondary N) is 4. The summed E-state index contributed by atoms with van der Waals surface area (Å²) in [6.07, 6.45) is 0.907. The van der Waals surface area contributed by atoms with E-state index in [1.807, 2.05) is 16.8 Å². The fourth-order valence-electron chi connectivity index (χ4n) is 3.92. The van der Waals surface area contributed by atoms with Crippen molar-refractivity contribution in [3.63, 3.8) is 0 Å². The molecule has 0 bridgehead atoms. The number of nitrogens with zero attached hydrogens (tertiary/aromatic N) is 1. The van der Waals surface area contributed by atoms with Gasteiger partial charge in [-0.3, -0.25) is 14.4 Å². The minimum Gasteiger partial charge on any atom is -0.481 e. The van der Waals surface area contributed by atoms with Gasteiger partial charge >= 0.3 is 6.09 Å². The van der Waals surface area contributed by atoms with Crippen molar-refractivity contribution in [2.24, 2.45) is 0 Å². The number of H-pyrrole nitrogens is 1. The van der Waals surface area contributed by atoms with Crippen molar-refractivity contribution in [2.75, 3.05) is 19.0 Å². The third-order valence-electron chi connectivity index (χ3n) is 6.00. The van der Waals surface area contributed by atoms with E-state index in [1.54, 1.807) is 45.9 Å². The first-order chi connectivity index (χ1) is 19.4. The topological polar surface area (TPSA) is 152 Å². The van der Waals surface area contributed by atoms with E-state index in [0.717, 1.165) is 5.56 Å². The first-order valence-electron chi connectivity index (χ1n) is 12.7. The lowest BCUT2D eigenvalue weighted by molar-refractivity contribution is 0.0519. The molecule has 0 aliphatic heterocycles. The van der Waals surface area contributed by atoms with Crippen molar-refractivity contribution in [2.45, 2.75) is 39.3 Å². The number of carbonyl (C=O) groups is 3. The largest absolute Gasteiger partial charge is 0.481 e. The van der Waals surface area contributed by atoms with Gasteiger partial charge in [-0.25, -0.2) is 9.78 Å². The molecule has 0 aliphatic rings. The van der Waals surface area contributed by atoms with E-state index in [1.165, 1.54) is 36.8 Å². The van der Waals surface area contributed by atoms with Gasteiger partial charge in [0.15, 0.2) is 0 Å². The van der Waals surface area contributed by atoms with E-state index in [9.17, 15) is 19.2 Å². The second kappa shape index (κ2) is 12.2. The van der Waals surface area contributed by atoms with Gasteiger partial charge in [0.05, 0.1) is 18.7 Å². The maximum absolute atomic E-state index is 13.3. The van der Waals surface area contributed by atoms with E-state index in [0.29, 0.717) is 28.0 Å². The van der Waals surface area contributed by atoms with Crippen LogP contribution in [-0.2, 0) is 4.74 Å². The van der Waals surface area contributed by atoms with E-state index in [4.69, 9.17) is 9.47 Å². The molecule has 0 saturated carbocycles. The molecule has 3 aromatic heterocycles. The molecule has 41 heavy (non-hydrogen) atoms. The first kappa shape index (κ1) is 29.3. The highest BCUT2D eigenvalue weighted by Crippen LogP contribution is 2.21. The number of aromatic nitrogens is 2. The highest BCUT2D eigenvalue weighted by molar-refractivity contribution is 7.08. The summed E-state index contributed by atoms with van der Waals surface area (Å²) in [4.78, 5) is 58.0. The lowest BCUT2D eigenvalue weighted by Crippen LogP contribution is -2.40. The Morgan fingerprint density at radius 3 is 2.56 bits per heavy atom. The number of pyridine rings is 2. The third-order valence-corrected chi connectivity index (χ3v) is 6.71. The molecular weight excluding hydrogens is 546 g/mol. The van der Waals surface area contributed by atoms with Crippen LogP contribution in [0.25, 0.3) is 10.9 Å². The number of alkyl carbamates (subject to hydrolysis) is 1. The lowest BCUT2D eigenvalue weighted by atomic mass is 10.1. The van der Waals surface area contributed by atoms with Gasteiger partial charge in [-0.2, -0.15) is 11.3 Å². The minimum absolute atomic E-state index is 0.107. The molecule has 0 spiro atoms. The Morgan fingerprint density at radius 2 is 1.88 bits per heavy atom. The van der Waals surface area contributed by atoms with Crippen molar-refractivity contribution in [3.8, 4) is 5.88 Å². The van der Waals surface area contributed by atoms with Crippen LogP contribution in [0.1, 0.15) is 58.7 Å². The molecule has 0 aliphatic carbocycles. The molecule has 1 atom stereocenters. The van der Waals surface area contributed by atoms with Gasteiger partial charge in [0.2, 0.25) is 5.88 Å². The number of methoxy groups -OCH3 is 1. The second-order valence-corrected chi connectivity index (χ2v) is 11.1. The number of thiophene rings is 1. The van der Waals surface area contributed by atoms with Crippen LogP contribution in [-0.4, -0.2) is 47.1 Å². The predicted octanol–water partition coefficient (Wildman–Crippen LogP) is 4.55. The monoisotopic (exact) mass is 577 g/mol. The zero-order valence-electron chi connectivity index (χ0n) is 23.3. The van der Waals surface area contributed by atoms with Crippen LogP contribution in [0.15, 0.2) is 58.1 Å². The Kier molecular flexibility index (Phi) is 8.72. The summed E-state index contributed by atoms with van der Waals surface area (Å²) in [7, 11) is 1.47. The molecule has 11 nitrogen and oxygen atoms in total. The summed E-state index contributed by atoms with van der Waals surface area (Å²) in [6, 6.07) is 9.22. The molecule has 12 heteroatoms. The molecule has 3 heterocycles. The molecule has 0 radical (unpaired) electrons. The summed E-state index contributed by atoms with van der Waals surface area (Å²) < 4.78 is 10.4. The molecular formula is C29H31N5O6S. The normalized spacial score (nSPS) is 11.9. The van der Waals surface area contributed by atoms with Gasteiger partial charge in [0, 0.05) is 35.4 Å². The second-order valence-electron chi connectivity index (χ2n) is 10.3. The molecule has 0 saturated heterocycles. The quantitative estimate of drug-likeness (QED) is 0.240. The van der Waals surface area contributed by atoms with E-state index in [-0.39, 0.29) is 17.7 Å². The number of hydrogen-bond donors (Lipinski definition) is 4. The maximum atomic E-state index is 13.3. The maximum Gasteiger partial charge on any atom is 0.407 e. The summed E-state index contributed by atoms with van der Waals surface area (Å²) in [6.45, 7) is 7.19. The van der Waals surface area contributed by atoms with Crippen LogP contribution in [0, 0.1) is 6.92 Å². The van der Waals surface area contributed by atoms with Crippen LogP contribution in [0.4, 0.5) is 10.5 Å². The summed E-state index contributed by atoms with van der Waals surface area (Å²) in [5.41, 5.74) is 1.31. The van der Waals surface area contributed by atoms with Gasteiger partial charge in [0.25, 0.3) is 17.4 Å². The third kappa shape index (κ3) is 7.48. The van der Waals surface area contributed by atoms with Crippen LogP contribution in [0.2, 0.25) is 0 Å². The van der Waals surface area contributed by atoms with E-state index < -0.39 is 35.1 Å². The number of amides is 3. The number of hydrogen-bond acceptors (Lipinski definition) is 8. The Hall–Kier alpha value is -4.71. The minimum atomic E-state index is -0.657. The number of aryl methyl sites for hydroxylation is 1. The molecule has 4 aromatic rings. The van der Waals surface area contributed by atoms with Crippen molar-refractivity contribution in [3.05, 3.63) is 86.0 Å². The number of anilines is 1. The van der Waals surface area contributed by atoms with Crippen LogP contribution >= 0.6 is 11.3 Å². The number of fused-ring (bicyclic) bond motifs is 1. The predicted molar refractivity (Wildman–Crippen MR) is 157 cm³/mol. The van der Waals surface area contributed by atoms with Crippen LogP contribution < -0.4 is 26.2 Å². The van der Waals surface area contributed by atoms with Crippen molar-refractivity contribution in [1.29, 1.82) is 0 Å². The smallest absolute Gasteiger partial charge is 0.407 e. The van der Waals surface area contributed by atoms with E-state index >= 15 is 0 Å². The molecule has 4 N–H and O–H groups in total. The average Bonchev–Trinajstić information content (AvgIpc) is 3.45. The Morgan fingerprint density at radius 1 is 1.10 bits per heavy atom. The van der Waals surface area contributed by atoms with Crippen molar-refractivity contribution >= 4 is 45.8 Å². The zero-order valence-corrected chi connectivity index (χ0v) is 24.1. The molecule has 0 fully saturated rings. The van der Waals surface area contributed by atoms with E-state index in [2.05, 4.69) is 25.9 Å². The Labute approximate surface area is 240 Å². The van der Waals surface area contributed by atoms with Crippen molar-refractivity contribution in [1.82, 2.24) is 20.6 Å². The zero-order chi connectivity index (χ0) is 29.7. The van der Waals surface area contributed by atoms with Gasteiger partial charge in [-0.15, -0.1) is 0 Å². The summed E-state index contributed by atoms with van der Waals surface area (Å²) in [5, 5.41) is 12.7. The molecule has 1 aromatic carbocycles. The van der Waals surface area contributed by atoms with Gasteiger partial charge < -0.3 is 30.4 Å². The molecule has 1 unspecified atom stereocenters. The van der Waals surface area contributed by atoms with Crippen LogP contribution in [0.3, 0.4) is 0 Å². The number of ether oxygens (including phenoxy) is 2. The number of benzene rings is 1. The van der Waals surface area contributed by atoms with Crippen LogP contribution in [0.5, 0.6) is 5.88 Å². The standard InChI is InChI=1S/C29H31N5O6S/c1-16-6-7-17(25(35)34-23(18-8-9-41-15-18)14-31-28(38)40-29(2,3)4)11-21(16)32-26(36)20-10-19-13-30-24(39-5)12-22(19)33-27(20)37/h6-13,15,23H,14H2,1-5H3,(H,31,38)(H,32,36)(H,33,37)(H,34,35). The highest BCUT2D eigenvalue weighted by atomic mass is 32.1. The van der Waals surface area contributed by atoms with Crippen molar-refractivity contribution < 1.29 is 23.9 Å². The average molecular weight is 578 g/mol. The Bertz CT molecular complexity index is 1640. The van der Waals surface area contributed by atoms with Gasteiger partial charge in [-0.1, -0.05) is 6.07 Å². The number of carbonyl (C=O) groups excluding carboxylic acids is 3. The van der Waals surface area contributed by atoms with Gasteiger partial charge in [0.1, 0.15) is 11.2 Å². The lowest BCUT2D eigenvalue weighted by Gasteiger charge is -2.22.